The highest BCUT2D eigenvalue weighted by Gasteiger charge is 2.28. The molecule has 0 radical (unpaired) electrons. The van der Waals surface area contributed by atoms with Gasteiger partial charge in [0.1, 0.15) is 5.69 Å². The van der Waals surface area contributed by atoms with E-state index in [0.717, 1.165) is 34.4 Å². The molecule has 21 heavy (non-hydrogen) atoms. The second-order valence-electron chi connectivity index (χ2n) is 5.61. The molecule has 2 aromatic heterocycles. The molecule has 0 unspecified atom stereocenters. The van der Waals surface area contributed by atoms with Gasteiger partial charge in [-0.1, -0.05) is 6.07 Å². The van der Waals surface area contributed by atoms with Crippen LogP contribution >= 0.6 is 15.9 Å². The molecule has 0 atom stereocenters. The van der Waals surface area contributed by atoms with Crippen molar-refractivity contribution in [2.24, 2.45) is 0 Å². The third-order valence-electron chi connectivity index (χ3n) is 3.67. The number of aryl methyl sites for hydroxylation is 1. The van der Waals surface area contributed by atoms with Crippen LogP contribution in [0, 0.1) is 6.92 Å². The Morgan fingerprint density at radius 2 is 2.24 bits per heavy atom. The largest absolute Gasteiger partial charge is 0.339 e. The van der Waals surface area contributed by atoms with E-state index in [1.54, 1.807) is 4.90 Å². The van der Waals surface area contributed by atoms with Crippen LogP contribution in [0.2, 0.25) is 0 Å². The molecule has 1 amide bonds. The van der Waals surface area contributed by atoms with Gasteiger partial charge in [0.15, 0.2) is 0 Å². The first-order valence-corrected chi connectivity index (χ1v) is 7.89. The second-order valence-corrected chi connectivity index (χ2v) is 6.53. The minimum atomic E-state index is 0.0379. The highest BCUT2D eigenvalue weighted by Crippen LogP contribution is 2.37. The first-order chi connectivity index (χ1) is 10.0. The van der Waals surface area contributed by atoms with E-state index in [2.05, 4.69) is 25.5 Å². The fraction of sp³-hybridized carbons (Fsp3) is 0.375. The molecular formula is C16H18BrN3O. The average Bonchev–Trinajstić information content (AvgIpc) is 3.21. The third-order valence-corrected chi connectivity index (χ3v) is 4.10. The topological polar surface area (TPSA) is 38.1 Å². The van der Waals surface area contributed by atoms with E-state index >= 15 is 0 Å². The summed E-state index contributed by atoms with van der Waals surface area (Å²) in [5, 5.41) is 0. The number of halogens is 1. The van der Waals surface area contributed by atoms with Crippen molar-refractivity contribution in [2.45, 2.75) is 32.4 Å². The van der Waals surface area contributed by atoms with Crippen molar-refractivity contribution >= 4 is 21.8 Å². The number of carbonyl (C=O) groups excluding carboxylic acids is 1. The van der Waals surface area contributed by atoms with Crippen molar-refractivity contribution in [2.75, 3.05) is 7.05 Å². The maximum Gasteiger partial charge on any atom is 0.270 e. The van der Waals surface area contributed by atoms with E-state index in [1.165, 1.54) is 0 Å². The van der Waals surface area contributed by atoms with Crippen molar-refractivity contribution in [3.63, 3.8) is 0 Å². The van der Waals surface area contributed by atoms with Crippen LogP contribution < -0.4 is 0 Å². The van der Waals surface area contributed by atoms with Gasteiger partial charge in [-0.05, 0) is 53.9 Å². The second kappa shape index (κ2) is 5.64. The molecule has 110 valence electrons. The van der Waals surface area contributed by atoms with Gasteiger partial charge >= 0.3 is 0 Å². The molecule has 5 heteroatoms. The van der Waals surface area contributed by atoms with Crippen LogP contribution in [-0.2, 0) is 6.54 Å². The third kappa shape index (κ3) is 3.18. The molecular weight excluding hydrogens is 330 g/mol. The Morgan fingerprint density at radius 1 is 1.48 bits per heavy atom. The quantitative estimate of drug-likeness (QED) is 0.847. The zero-order valence-corrected chi connectivity index (χ0v) is 13.8. The molecule has 1 saturated carbocycles. The molecule has 0 aliphatic heterocycles. The number of aromatic nitrogens is 2. The summed E-state index contributed by atoms with van der Waals surface area (Å²) < 4.78 is 3.05. The minimum absolute atomic E-state index is 0.0379. The van der Waals surface area contributed by atoms with E-state index in [4.69, 9.17) is 0 Å². The van der Waals surface area contributed by atoms with Gasteiger partial charge in [0.2, 0.25) is 0 Å². The predicted octanol–water partition coefficient (Wildman–Crippen LogP) is 3.56. The molecule has 0 saturated heterocycles. The Morgan fingerprint density at radius 3 is 2.90 bits per heavy atom. The SMILES string of the molecule is Cc1cccc(CN(C)C(=O)c2cc(Br)cn2C2CC2)n1. The molecule has 2 heterocycles. The van der Waals surface area contributed by atoms with Crippen LogP contribution in [0.15, 0.2) is 34.9 Å². The molecule has 1 fully saturated rings. The maximum absolute atomic E-state index is 12.7. The van der Waals surface area contributed by atoms with Crippen LogP contribution in [-0.4, -0.2) is 27.4 Å². The van der Waals surface area contributed by atoms with Crippen LogP contribution in [0.5, 0.6) is 0 Å². The lowest BCUT2D eigenvalue weighted by Crippen LogP contribution is -2.28. The van der Waals surface area contributed by atoms with Crippen LogP contribution in [0.3, 0.4) is 0 Å². The Labute approximate surface area is 132 Å². The summed E-state index contributed by atoms with van der Waals surface area (Å²) in [5.74, 6) is 0.0379. The lowest BCUT2D eigenvalue weighted by Gasteiger charge is -2.18. The van der Waals surface area contributed by atoms with Crippen molar-refractivity contribution in [3.8, 4) is 0 Å². The van der Waals surface area contributed by atoms with E-state index in [1.807, 2.05) is 44.4 Å². The molecule has 0 bridgehead atoms. The van der Waals surface area contributed by atoms with Crippen molar-refractivity contribution in [1.29, 1.82) is 0 Å². The molecule has 2 aromatic rings. The molecule has 3 rings (SSSR count). The van der Waals surface area contributed by atoms with E-state index < -0.39 is 0 Å². The molecule has 0 spiro atoms. The fourth-order valence-electron chi connectivity index (χ4n) is 2.47. The van der Waals surface area contributed by atoms with E-state index in [-0.39, 0.29) is 5.91 Å². The van der Waals surface area contributed by atoms with Gasteiger partial charge < -0.3 is 9.47 Å². The van der Waals surface area contributed by atoms with Crippen molar-refractivity contribution < 1.29 is 4.79 Å². The fourth-order valence-corrected chi connectivity index (χ4v) is 2.91. The lowest BCUT2D eigenvalue weighted by molar-refractivity contribution is 0.0772. The highest BCUT2D eigenvalue weighted by molar-refractivity contribution is 9.10. The predicted molar refractivity (Wildman–Crippen MR) is 85.2 cm³/mol. The highest BCUT2D eigenvalue weighted by atomic mass is 79.9. The monoisotopic (exact) mass is 347 g/mol. The van der Waals surface area contributed by atoms with Crippen LogP contribution in [0.25, 0.3) is 0 Å². The summed E-state index contributed by atoms with van der Waals surface area (Å²) >= 11 is 3.47. The number of hydrogen-bond acceptors (Lipinski definition) is 2. The Kier molecular flexibility index (Phi) is 3.85. The van der Waals surface area contributed by atoms with Gasteiger partial charge in [-0.2, -0.15) is 0 Å². The number of rotatable bonds is 4. The zero-order valence-electron chi connectivity index (χ0n) is 12.2. The summed E-state index contributed by atoms with van der Waals surface area (Å²) in [6, 6.07) is 8.27. The number of amides is 1. The smallest absolute Gasteiger partial charge is 0.270 e. The summed E-state index contributed by atoms with van der Waals surface area (Å²) in [7, 11) is 1.82. The Balaban J connectivity index is 1.78. The van der Waals surface area contributed by atoms with E-state index in [9.17, 15) is 4.79 Å². The summed E-state index contributed by atoms with van der Waals surface area (Å²) in [6.45, 7) is 2.48. The Bertz CT molecular complexity index is 676. The number of nitrogens with zero attached hydrogens (tertiary/aromatic N) is 3. The summed E-state index contributed by atoms with van der Waals surface area (Å²) in [6.07, 6.45) is 4.32. The molecule has 1 aliphatic carbocycles. The molecule has 0 aromatic carbocycles. The molecule has 1 aliphatic rings. The van der Waals surface area contributed by atoms with Gasteiger partial charge in [-0.3, -0.25) is 9.78 Å². The van der Waals surface area contributed by atoms with Gasteiger partial charge in [0.05, 0.1) is 12.2 Å². The lowest BCUT2D eigenvalue weighted by atomic mass is 10.3. The van der Waals surface area contributed by atoms with Crippen LogP contribution in [0.4, 0.5) is 0 Å². The first kappa shape index (κ1) is 14.3. The van der Waals surface area contributed by atoms with Gasteiger partial charge in [-0.25, -0.2) is 0 Å². The van der Waals surface area contributed by atoms with Crippen LogP contribution in [0.1, 0.15) is 40.8 Å². The standard InChI is InChI=1S/C16H18BrN3O/c1-11-4-3-5-13(18-11)10-19(2)16(21)15-8-12(17)9-20(15)14-6-7-14/h3-5,8-9,14H,6-7,10H2,1-2H3. The summed E-state index contributed by atoms with van der Waals surface area (Å²) in [5.41, 5.74) is 2.63. The van der Waals surface area contributed by atoms with Crippen molar-refractivity contribution in [1.82, 2.24) is 14.5 Å². The zero-order chi connectivity index (χ0) is 15.0. The normalized spacial score (nSPS) is 14.2. The Hall–Kier alpha value is -1.62. The minimum Gasteiger partial charge on any atom is -0.339 e. The first-order valence-electron chi connectivity index (χ1n) is 7.10. The number of pyridine rings is 1. The summed E-state index contributed by atoms with van der Waals surface area (Å²) in [4.78, 5) is 18.8. The van der Waals surface area contributed by atoms with Gasteiger partial charge in [0.25, 0.3) is 5.91 Å². The number of hydrogen-bond donors (Lipinski definition) is 0. The van der Waals surface area contributed by atoms with Gasteiger partial charge in [0, 0.05) is 29.5 Å². The molecule has 4 nitrogen and oxygen atoms in total. The van der Waals surface area contributed by atoms with Crippen molar-refractivity contribution in [3.05, 3.63) is 52.0 Å². The average molecular weight is 348 g/mol. The maximum atomic E-state index is 12.7. The molecule has 0 N–H and O–H groups in total. The van der Waals surface area contributed by atoms with Gasteiger partial charge in [-0.15, -0.1) is 0 Å². The number of carbonyl (C=O) groups is 1. The van der Waals surface area contributed by atoms with E-state index in [0.29, 0.717) is 12.6 Å².